The minimum absolute atomic E-state index is 0.224. The van der Waals surface area contributed by atoms with Gasteiger partial charge in [-0.3, -0.25) is 0 Å². The van der Waals surface area contributed by atoms with E-state index in [9.17, 15) is 8.42 Å². The summed E-state index contributed by atoms with van der Waals surface area (Å²) in [5, 5.41) is 3.60. The average Bonchev–Trinajstić information content (AvgIpc) is 2.59. The van der Waals surface area contributed by atoms with Crippen molar-refractivity contribution in [1.82, 2.24) is 5.32 Å². The summed E-state index contributed by atoms with van der Waals surface area (Å²) in [5.41, 5.74) is 0. The van der Waals surface area contributed by atoms with Crippen LogP contribution in [0.2, 0.25) is 0 Å². The second kappa shape index (κ2) is 5.05. The van der Waals surface area contributed by atoms with Crippen LogP contribution < -0.4 is 5.32 Å². The van der Waals surface area contributed by atoms with E-state index in [1.54, 1.807) is 0 Å². The van der Waals surface area contributed by atoms with Crippen molar-refractivity contribution in [3.8, 4) is 0 Å². The van der Waals surface area contributed by atoms with Crippen LogP contribution in [0.3, 0.4) is 0 Å². The Balaban J connectivity index is 1.88. The van der Waals surface area contributed by atoms with E-state index in [0.717, 1.165) is 12.3 Å². The van der Waals surface area contributed by atoms with Gasteiger partial charge < -0.3 is 5.32 Å². The fraction of sp³-hybridized carbons (Fsp3) is 1.00. The molecule has 0 bridgehead atoms. The predicted molar refractivity (Wildman–Crippen MR) is 66.2 cm³/mol. The summed E-state index contributed by atoms with van der Waals surface area (Å²) in [4.78, 5) is 0. The third-order valence-corrected chi connectivity index (χ3v) is 5.88. The zero-order valence-electron chi connectivity index (χ0n) is 10.1. The van der Waals surface area contributed by atoms with Gasteiger partial charge in [0.15, 0.2) is 9.84 Å². The largest absolute Gasteiger partial charge is 0.310 e. The van der Waals surface area contributed by atoms with Crippen molar-refractivity contribution in [3.05, 3.63) is 0 Å². The maximum atomic E-state index is 11.4. The van der Waals surface area contributed by atoms with E-state index >= 15 is 0 Å². The molecule has 1 aliphatic heterocycles. The van der Waals surface area contributed by atoms with E-state index in [1.807, 2.05) is 0 Å². The Hall–Kier alpha value is -0.0900. The lowest BCUT2D eigenvalue weighted by molar-refractivity contribution is 0.241. The molecule has 0 radical (unpaired) electrons. The molecule has 16 heavy (non-hydrogen) atoms. The van der Waals surface area contributed by atoms with E-state index in [1.165, 1.54) is 32.1 Å². The van der Waals surface area contributed by atoms with Gasteiger partial charge in [0.25, 0.3) is 0 Å². The summed E-state index contributed by atoms with van der Waals surface area (Å²) in [5.74, 6) is 1.51. The molecule has 0 aromatic carbocycles. The Labute approximate surface area is 98.9 Å². The third-order valence-electron chi connectivity index (χ3n) is 4.12. The van der Waals surface area contributed by atoms with Gasteiger partial charge in [0.05, 0.1) is 11.5 Å². The quantitative estimate of drug-likeness (QED) is 0.823. The van der Waals surface area contributed by atoms with Gasteiger partial charge in [-0.2, -0.15) is 0 Å². The first-order chi connectivity index (χ1) is 7.61. The van der Waals surface area contributed by atoms with Crippen molar-refractivity contribution < 1.29 is 8.42 Å². The van der Waals surface area contributed by atoms with E-state index in [4.69, 9.17) is 0 Å². The highest BCUT2D eigenvalue weighted by Gasteiger charge is 2.32. The molecule has 3 unspecified atom stereocenters. The SMILES string of the molecule is CCC1CCCCC1NC1CCS(=O)(=O)C1. The molecule has 0 aromatic rings. The van der Waals surface area contributed by atoms with Gasteiger partial charge in [-0.1, -0.05) is 26.2 Å². The van der Waals surface area contributed by atoms with E-state index < -0.39 is 9.84 Å². The van der Waals surface area contributed by atoms with Gasteiger partial charge in [-0.15, -0.1) is 0 Å². The van der Waals surface area contributed by atoms with Crippen molar-refractivity contribution in [2.24, 2.45) is 5.92 Å². The fourth-order valence-electron chi connectivity index (χ4n) is 3.14. The zero-order valence-corrected chi connectivity index (χ0v) is 10.9. The lowest BCUT2D eigenvalue weighted by atomic mass is 9.82. The van der Waals surface area contributed by atoms with Gasteiger partial charge in [-0.05, 0) is 25.2 Å². The topological polar surface area (TPSA) is 46.2 Å². The minimum Gasteiger partial charge on any atom is -0.310 e. The van der Waals surface area contributed by atoms with Crippen LogP contribution in [0.15, 0.2) is 0 Å². The smallest absolute Gasteiger partial charge is 0.151 e. The monoisotopic (exact) mass is 245 g/mol. The summed E-state index contributed by atoms with van der Waals surface area (Å²) < 4.78 is 22.8. The lowest BCUT2D eigenvalue weighted by Gasteiger charge is -2.33. The first-order valence-electron chi connectivity index (χ1n) is 6.57. The Morgan fingerprint density at radius 2 is 1.94 bits per heavy atom. The number of nitrogens with one attached hydrogen (secondary N) is 1. The van der Waals surface area contributed by atoms with Crippen LogP contribution in [-0.2, 0) is 9.84 Å². The maximum absolute atomic E-state index is 11.4. The highest BCUT2D eigenvalue weighted by atomic mass is 32.2. The van der Waals surface area contributed by atoms with Crippen molar-refractivity contribution >= 4 is 9.84 Å². The fourth-order valence-corrected chi connectivity index (χ4v) is 4.83. The van der Waals surface area contributed by atoms with Crippen molar-refractivity contribution in [2.75, 3.05) is 11.5 Å². The third kappa shape index (κ3) is 2.98. The van der Waals surface area contributed by atoms with Crippen LogP contribution >= 0.6 is 0 Å². The first-order valence-corrected chi connectivity index (χ1v) is 8.39. The molecule has 4 heteroatoms. The van der Waals surface area contributed by atoms with Gasteiger partial charge in [-0.25, -0.2) is 8.42 Å². The van der Waals surface area contributed by atoms with Gasteiger partial charge in [0, 0.05) is 12.1 Å². The van der Waals surface area contributed by atoms with E-state index in [0.29, 0.717) is 17.5 Å². The Morgan fingerprint density at radius 1 is 1.19 bits per heavy atom. The summed E-state index contributed by atoms with van der Waals surface area (Å²) in [6.45, 7) is 2.25. The molecular weight excluding hydrogens is 222 g/mol. The highest BCUT2D eigenvalue weighted by Crippen LogP contribution is 2.28. The number of rotatable bonds is 3. The number of hydrogen-bond donors (Lipinski definition) is 1. The molecule has 1 N–H and O–H groups in total. The van der Waals surface area contributed by atoms with E-state index in [2.05, 4.69) is 12.2 Å². The number of hydrogen-bond acceptors (Lipinski definition) is 3. The van der Waals surface area contributed by atoms with Gasteiger partial charge >= 0.3 is 0 Å². The Morgan fingerprint density at radius 3 is 2.56 bits per heavy atom. The van der Waals surface area contributed by atoms with E-state index in [-0.39, 0.29) is 6.04 Å². The number of sulfone groups is 1. The minimum atomic E-state index is -2.73. The normalized spacial score (nSPS) is 38.7. The molecule has 2 aliphatic rings. The maximum Gasteiger partial charge on any atom is 0.151 e. The zero-order chi connectivity index (χ0) is 11.6. The molecule has 1 aliphatic carbocycles. The molecule has 2 rings (SSSR count). The van der Waals surface area contributed by atoms with Crippen LogP contribution in [0.5, 0.6) is 0 Å². The predicted octanol–water partition coefficient (Wildman–Crippen LogP) is 1.73. The molecule has 0 spiro atoms. The molecule has 3 nitrogen and oxygen atoms in total. The molecule has 2 fully saturated rings. The highest BCUT2D eigenvalue weighted by molar-refractivity contribution is 7.91. The standard InChI is InChI=1S/C12H23NO2S/c1-2-10-5-3-4-6-12(10)13-11-7-8-16(14,15)9-11/h10-13H,2-9H2,1H3. The summed E-state index contributed by atoms with van der Waals surface area (Å²) in [6.07, 6.45) is 7.22. The van der Waals surface area contributed by atoms with Crippen LogP contribution in [0, 0.1) is 5.92 Å². The Bertz CT molecular complexity index is 326. The molecule has 3 atom stereocenters. The second-order valence-corrected chi connectivity index (χ2v) is 7.55. The molecule has 94 valence electrons. The van der Waals surface area contributed by atoms with Crippen LogP contribution in [0.4, 0.5) is 0 Å². The molecule has 0 aromatic heterocycles. The molecule has 1 saturated heterocycles. The van der Waals surface area contributed by atoms with Gasteiger partial charge in [0.2, 0.25) is 0 Å². The molecule has 1 heterocycles. The lowest BCUT2D eigenvalue weighted by Crippen LogP contribution is -2.44. The van der Waals surface area contributed by atoms with Crippen LogP contribution in [0.25, 0.3) is 0 Å². The van der Waals surface area contributed by atoms with Gasteiger partial charge in [0.1, 0.15) is 0 Å². The van der Waals surface area contributed by atoms with Crippen molar-refractivity contribution in [3.63, 3.8) is 0 Å². The average molecular weight is 245 g/mol. The van der Waals surface area contributed by atoms with Crippen LogP contribution in [-0.4, -0.2) is 32.0 Å². The summed E-state index contributed by atoms with van der Waals surface area (Å²) in [7, 11) is -2.73. The van der Waals surface area contributed by atoms with Crippen molar-refractivity contribution in [1.29, 1.82) is 0 Å². The molecule has 1 saturated carbocycles. The molecule has 0 amide bonds. The second-order valence-electron chi connectivity index (χ2n) is 5.33. The molecular formula is C12H23NO2S. The first kappa shape index (κ1) is 12.4. The van der Waals surface area contributed by atoms with Crippen molar-refractivity contribution in [2.45, 2.75) is 57.5 Å². The summed E-state index contributed by atoms with van der Waals surface area (Å²) in [6, 6.07) is 0.791. The summed E-state index contributed by atoms with van der Waals surface area (Å²) >= 11 is 0. The van der Waals surface area contributed by atoms with Crippen LogP contribution in [0.1, 0.15) is 45.4 Å². The Kier molecular flexibility index (Phi) is 3.90.